The summed E-state index contributed by atoms with van der Waals surface area (Å²) in [5.74, 6) is -0.375. The summed E-state index contributed by atoms with van der Waals surface area (Å²) in [4.78, 5) is 24.6. The fraction of sp³-hybridized carbons (Fsp3) is 0.833. The molecule has 0 saturated heterocycles. The third kappa shape index (κ3) is 3.91. The minimum atomic E-state index is -1.16. The Labute approximate surface area is 102 Å². The Morgan fingerprint density at radius 2 is 2.06 bits per heavy atom. The van der Waals surface area contributed by atoms with Crippen molar-refractivity contribution >= 4 is 12.0 Å². The number of carboxylic acids is 1. The smallest absolute Gasteiger partial charge is 0.329 e. The van der Waals surface area contributed by atoms with E-state index < -0.39 is 11.5 Å². The van der Waals surface area contributed by atoms with Crippen molar-refractivity contribution < 1.29 is 14.7 Å². The zero-order valence-corrected chi connectivity index (χ0v) is 10.8. The van der Waals surface area contributed by atoms with Crippen LogP contribution in [-0.2, 0) is 4.79 Å². The van der Waals surface area contributed by atoms with E-state index in [1.54, 1.807) is 18.9 Å². The van der Waals surface area contributed by atoms with Crippen LogP contribution >= 0.6 is 0 Å². The first-order chi connectivity index (χ1) is 7.89. The van der Waals surface area contributed by atoms with E-state index in [0.29, 0.717) is 18.9 Å². The number of nitrogens with zero attached hydrogens (tertiary/aromatic N) is 1. The van der Waals surface area contributed by atoms with Crippen molar-refractivity contribution in [2.75, 3.05) is 13.6 Å². The molecule has 1 rings (SSSR count). The van der Waals surface area contributed by atoms with Gasteiger partial charge in [0.25, 0.3) is 0 Å². The molecule has 0 heterocycles. The first kappa shape index (κ1) is 13.8. The summed E-state index contributed by atoms with van der Waals surface area (Å²) in [6.45, 7) is 4.18. The van der Waals surface area contributed by atoms with Gasteiger partial charge in [-0.1, -0.05) is 13.3 Å². The molecule has 1 aliphatic carbocycles. The number of aliphatic carboxylic acids is 1. The molecule has 5 heteroatoms. The minimum Gasteiger partial charge on any atom is -0.480 e. The number of hydrogen-bond acceptors (Lipinski definition) is 2. The Balaban J connectivity index is 2.52. The highest BCUT2D eigenvalue weighted by Crippen LogP contribution is 2.29. The second-order valence-electron chi connectivity index (χ2n) is 5.14. The fourth-order valence-corrected chi connectivity index (χ4v) is 1.82. The van der Waals surface area contributed by atoms with Gasteiger partial charge in [-0.25, -0.2) is 9.59 Å². The number of carboxylic acid groups (broad SMARTS) is 1. The topological polar surface area (TPSA) is 69.6 Å². The largest absolute Gasteiger partial charge is 0.480 e. The number of nitrogens with one attached hydrogen (secondary N) is 1. The van der Waals surface area contributed by atoms with Gasteiger partial charge in [0.15, 0.2) is 0 Å². The standard InChI is InChI=1S/C12H22N2O3/c1-4-7-12(2,10(15)16)13-11(17)14(3)8-9-5-6-9/h9H,4-8H2,1-3H3,(H,13,17)(H,15,16). The number of rotatable bonds is 6. The molecule has 0 bridgehead atoms. The molecular formula is C12H22N2O3. The van der Waals surface area contributed by atoms with Gasteiger partial charge in [-0.3, -0.25) is 0 Å². The molecular weight excluding hydrogens is 220 g/mol. The Kier molecular flexibility index (Phi) is 4.37. The molecule has 2 amide bonds. The van der Waals surface area contributed by atoms with Crippen molar-refractivity contribution in [2.24, 2.45) is 5.92 Å². The van der Waals surface area contributed by atoms with Crippen LogP contribution in [0.1, 0.15) is 39.5 Å². The molecule has 0 radical (unpaired) electrons. The van der Waals surface area contributed by atoms with Gasteiger partial charge in [-0.15, -0.1) is 0 Å². The summed E-state index contributed by atoms with van der Waals surface area (Å²) in [7, 11) is 1.71. The number of urea groups is 1. The molecule has 0 spiro atoms. The van der Waals surface area contributed by atoms with E-state index in [0.717, 1.165) is 6.42 Å². The first-order valence-electron chi connectivity index (χ1n) is 6.15. The summed E-state index contributed by atoms with van der Waals surface area (Å²) in [6, 6.07) is -0.296. The van der Waals surface area contributed by atoms with E-state index in [4.69, 9.17) is 5.11 Å². The molecule has 17 heavy (non-hydrogen) atoms. The number of amides is 2. The average Bonchev–Trinajstić information content (AvgIpc) is 3.01. The lowest BCUT2D eigenvalue weighted by Crippen LogP contribution is -2.55. The van der Waals surface area contributed by atoms with Crippen LogP contribution in [0.25, 0.3) is 0 Å². The normalized spacial score (nSPS) is 18.3. The number of carbonyl (C=O) groups is 2. The van der Waals surface area contributed by atoms with Gasteiger partial charge in [-0.05, 0) is 32.1 Å². The van der Waals surface area contributed by atoms with E-state index in [9.17, 15) is 9.59 Å². The van der Waals surface area contributed by atoms with Crippen molar-refractivity contribution in [3.63, 3.8) is 0 Å². The predicted octanol–water partition coefficient (Wildman–Crippen LogP) is 1.68. The third-order valence-corrected chi connectivity index (χ3v) is 3.18. The highest BCUT2D eigenvalue weighted by atomic mass is 16.4. The molecule has 1 fully saturated rings. The second-order valence-corrected chi connectivity index (χ2v) is 5.14. The van der Waals surface area contributed by atoms with E-state index in [-0.39, 0.29) is 6.03 Å². The molecule has 5 nitrogen and oxygen atoms in total. The van der Waals surface area contributed by atoms with Crippen molar-refractivity contribution in [1.29, 1.82) is 0 Å². The van der Waals surface area contributed by atoms with Crippen LogP contribution in [0.2, 0.25) is 0 Å². The van der Waals surface area contributed by atoms with Gasteiger partial charge in [0.05, 0.1) is 0 Å². The van der Waals surface area contributed by atoms with Crippen LogP contribution in [0.15, 0.2) is 0 Å². The molecule has 2 N–H and O–H groups in total. The van der Waals surface area contributed by atoms with Crippen LogP contribution in [0.4, 0.5) is 4.79 Å². The minimum absolute atomic E-state index is 0.296. The highest BCUT2D eigenvalue weighted by molar-refractivity contribution is 5.85. The van der Waals surface area contributed by atoms with Gasteiger partial charge >= 0.3 is 12.0 Å². The summed E-state index contributed by atoms with van der Waals surface area (Å²) in [5.41, 5.74) is -1.16. The Morgan fingerprint density at radius 3 is 2.47 bits per heavy atom. The van der Waals surface area contributed by atoms with Crippen LogP contribution in [0.3, 0.4) is 0 Å². The van der Waals surface area contributed by atoms with E-state index in [2.05, 4.69) is 5.32 Å². The van der Waals surface area contributed by atoms with Crippen molar-refractivity contribution in [1.82, 2.24) is 10.2 Å². The molecule has 0 aliphatic heterocycles. The number of hydrogen-bond donors (Lipinski definition) is 2. The maximum Gasteiger partial charge on any atom is 0.329 e. The maximum atomic E-state index is 11.9. The van der Waals surface area contributed by atoms with E-state index >= 15 is 0 Å². The summed E-state index contributed by atoms with van der Waals surface area (Å²) < 4.78 is 0. The molecule has 0 aromatic heterocycles. The average molecular weight is 242 g/mol. The first-order valence-corrected chi connectivity index (χ1v) is 6.15. The molecule has 0 aromatic carbocycles. The zero-order valence-electron chi connectivity index (χ0n) is 10.8. The summed E-state index contributed by atoms with van der Waals surface area (Å²) in [6.07, 6.45) is 3.49. The van der Waals surface area contributed by atoms with Crippen molar-refractivity contribution in [3.8, 4) is 0 Å². The Morgan fingerprint density at radius 1 is 1.47 bits per heavy atom. The quantitative estimate of drug-likeness (QED) is 0.744. The van der Waals surface area contributed by atoms with E-state index in [1.165, 1.54) is 12.8 Å². The molecule has 1 aliphatic rings. The maximum absolute atomic E-state index is 11.9. The van der Waals surface area contributed by atoms with Gasteiger partial charge in [-0.2, -0.15) is 0 Å². The van der Waals surface area contributed by atoms with Gasteiger partial charge < -0.3 is 15.3 Å². The van der Waals surface area contributed by atoms with Crippen LogP contribution in [-0.4, -0.2) is 41.1 Å². The molecule has 1 unspecified atom stereocenters. The van der Waals surface area contributed by atoms with E-state index in [1.807, 2.05) is 6.92 Å². The van der Waals surface area contributed by atoms with Crippen LogP contribution in [0.5, 0.6) is 0 Å². The number of carbonyl (C=O) groups excluding carboxylic acids is 1. The van der Waals surface area contributed by atoms with Gasteiger partial charge in [0, 0.05) is 13.6 Å². The summed E-state index contributed by atoms with van der Waals surface area (Å²) >= 11 is 0. The second kappa shape index (κ2) is 5.38. The SMILES string of the molecule is CCCC(C)(NC(=O)N(C)CC1CC1)C(=O)O. The van der Waals surface area contributed by atoms with Crippen molar-refractivity contribution in [2.45, 2.75) is 45.1 Å². The molecule has 1 atom stereocenters. The predicted molar refractivity (Wildman–Crippen MR) is 64.8 cm³/mol. The van der Waals surface area contributed by atoms with Crippen LogP contribution < -0.4 is 5.32 Å². The Bertz CT molecular complexity index is 302. The van der Waals surface area contributed by atoms with Crippen molar-refractivity contribution in [3.05, 3.63) is 0 Å². The lowest BCUT2D eigenvalue weighted by molar-refractivity contribution is -0.144. The Hall–Kier alpha value is -1.26. The van der Waals surface area contributed by atoms with Crippen LogP contribution in [0, 0.1) is 5.92 Å². The van der Waals surface area contributed by atoms with Gasteiger partial charge in [0.1, 0.15) is 5.54 Å². The zero-order chi connectivity index (χ0) is 13.1. The molecule has 0 aromatic rings. The lowest BCUT2D eigenvalue weighted by atomic mass is 9.96. The molecule has 98 valence electrons. The third-order valence-electron chi connectivity index (χ3n) is 3.18. The lowest BCUT2D eigenvalue weighted by Gasteiger charge is -2.28. The highest BCUT2D eigenvalue weighted by Gasteiger charge is 2.35. The van der Waals surface area contributed by atoms with Gasteiger partial charge in [0.2, 0.25) is 0 Å². The fourth-order valence-electron chi connectivity index (χ4n) is 1.82. The molecule has 1 saturated carbocycles. The monoisotopic (exact) mass is 242 g/mol. The summed E-state index contributed by atoms with van der Waals surface area (Å²) in [5, 5.41) is 11.8.